The monoisotopic (exact) mass is 371 g/mol. The number of benzene rings is 1. The van der Waals surface area contributed by atoms with E-state index in [9.17, 15) is 13.2 Å². The zero-order valence-corrected chi connectivity index (χ0v) is 15.2. The van der Waals surface area contributed by atoms with Crippen LogP contribution < -0.4 is 9.47 Å². The van der Waals surface area contributed by atoms with Gasteiger partial charge in [-0.05, 0) is 23.8 Å². The maximum Gasteiger partial charge on any atom is 0.330 e. The number of carbonyl (C=O) groups excluding carboxylic acids is 1. The van der Waals surface area contributed by atoms with Crippen molar-refractivity contribution in [1.82, 2.24) is 4.31 Å². The van der Waals surface area contributed by atoms with Crippen LogP contribution in [-0.2, 0) is 24.3 Å². The Bertz CT molecular complexity index is 752. The minimum absolute atomic E-state index is 0.0271. The Morgan fingerprint density at radius 1 is 1.16 bits per heavy atom. The van der Waals surface area contributed by atoms with Gasteiger partial charge < -0.3 is 18.9 Å². The standard InChI is InChI=1S/C16H21NO7S/c1-21-13-10-12(4-5-15(18)22-2)11-14(16(13)23-3)25(19,20)17-6-8-24-9-7-17/h4-5,10-11H,6-9H2,1-3H3/b5-4+. The second-order valence-corrected chi connectivity index (χ2v) is 7.03. The van der Waals surface area contributed by atoms with Gasteiger partial charge in [-0.2, -0.15) is 4.31 Å². The minimum Gasteiger partial charge on any atom is -0.493 e. The average molecular weight is 371 g/mol. The summed E-state index contributed by atoms with van der Waals surface area (Å²) in [6.45, 7) is 1.19. The number of rotatable bonds is 6. The zero-order chi connectivity index (χ0) is 18.4. The van der Waals surface area contributed by atoms with Gasteiger partial charge in [-0.3, -0.25) is 0 Å². The topological polar surface area (TPSA) is 91.4 Å². The third kappa shape index (κ3) is 4.30. The largest absolute Gasteiger partial charge is 0.493 e. The van der Waals surface area contributed by atoms with Crippen LogP contribution in [0.3, 0.4) is 0 Å². The van der Waals surface area contributed by atoms with Crippen LogP contribution in [0, 0.1) is 0 Å². The van der Waals surface area contributed by atoms with Crippen LogP contribution >= 0.6 is 0 Å². The molecule has 0 radical (unpaired) electrons. The quantitative estimate of drug-likeness (QED) is 0.542. The van der Waals surface area contributed by atoms with E-state index in [1.54, 1.807) is 6.07 Å². The van der Waals surface area contributed by atoms with Crippen molar-refractivity contribution in [3.8, 4) is 11.5 Å². The number of carbonyl (C=O) groups is 1. The van der Waals surface area contributed by atoms with Gasteiger partial charge in [0.25, 0.3) is 0 Å². The maximum atomic E-state index is 13.0. The van der Waals surface area contributed by atoms with E-state index in [0.29, 0.717) is 18.8 Å². The highest BCUT2D eigenvalue weighted by atomic mass is 32.2. The van der Waals surface area contributed by atoms with Crippen molar-refractivity contribution < 1.29 is 32.2 Å². The summed E-state index contributed by atoms with van der Waals surface area (Å²) < 4.78 is 47.6. The molecule has 9 heteroatoms. The molecule has 1 aromatic rings. The molecule has 138 valence electrons. The van der Waals surface area contributed by atoms with E-state index >= 15 is 0 Å². The summed E-state index contributed by atoms with van der Waals surface area (Å²) in [5.41, 5.74) is 0.467. The molecule has 1 saturated heterocycles. The second-order valence-electron chi connectivity index (χ2n) is 5.13. The first-order valence-corrected chi connectivity index (χ1v) is 8.98. The average Bonchev–Trinajstić information content (AvgIpc) is 2.65. The molecule has 25 heavy (non-hydrogen) atoms. The lowest BCUT2D eigenvalue weighted by Gasteiger charge is -2.27. The molecule has 0 aliphatic carbocycles. The van der Waals surface area contributed by atoms with Gasteiger partial charge in [-0.1, -0.05) is 0 Å². The van der Waals surface area contributed by atoms with Gasteiger partial charge >= 0.3 is 5.97 Å². The lowest BCUT2D eigenvalue weighted by Crippen LogP contribution is -2.40. The van der Waals surface area contributed by atoms with Crippen LogP contribution in [0.4, 0.5) is 0 Å². The molecule has 1 aliphatic rings. The predicted molar refractivity (Wildman–Crippen MR) is 90.2 cm³/mol. The molecule has 1 aromatic carbocycles. The number of sulfonamides is 1. The number of nitrogens with zero attached hydrogens (tertiary/aromatic N) is 1. The van der Waals surface area contributed by atoms with Crippen molar-refractivity contribution in [3.05, 3.63) is 23.8 Å². The smallest absolute Gasteiger partial charge is 0.330 e. The molecule has 1 fully saturated rings. The first-order chi connectivity index (χ1) is 11.9. The van der Waals surface area contributed by atoms with Crippen molar-refractivity contribution >= 4 is 22.1 Å². The van der Waals surface area contributed by atoms with Gasteiger partial charge in [0, 0.05) is 19.2 Å². The highest BCUT2D eigenvalue weighted by Gasteiger charge is 2.31. The zero-order valence-electron chi connectivity index (χ0n) is 14.4. The normalized spacial score (nSPS) is 16.0. The van der Waals surface area contributed by atoms with Crippen molar-refractivity contribution in [2.75, 3.05) is 47.6 Å². The molecule has 2 rings (SSSR count). The van der Waals surface area contributed by atoms with Gasteiger partial charge in [0.1, 0.15) is 4.90 Å². The lowest BCUT2D eigenvalue weighted by atomic mass is 10.2. The highest BCUT2D eigenvalue weighted by Crippen LogP contribution is 2.37. The number of hydrogen-bond donors (Lipinski definition) is 0. The number of ether oxygens (including phenoxy) is 4. The molecule has 8 nitrogen and oxygen atoms in total. The van der Waals surface area contributed by atoms with Crippen molar-refractivity contribution in [1.29, 1.82) is 0 Å². The Morgan fingerprint density at radius 3 is 2.40 bits per heavy atom. The predicted octanol–water partition coefficient (Wildman–Crippen LogP) is 0.911. The summed E-state index contributed by atoms with van der Waals surface area (Å²) in [6, 6.07) is 3.02. The number of methoxy groups -OCH3 is 3. The van der Waals surface area contributed by atoms with E-state index < -0.39 is 16.0 Å². The number of hydrogen-bond acceptors (Lipinski definition) is 7. The summed E-state index contributed by atoms with van der Waals surface area (Å²) in [4.78, 5) is 11.3. The first kappa shape index (κ1) is 19.2. The first-order valence-electron chi connectivity index (χ1n) is 7.54. The van der Waals surface area contributed by atoms with Crippen molar-refractivity contribution in [3.63, 3.8) is 0 Å². The molecule has 0 bridgehead atoms. The van der Waals surface area contributed by atoms with E-state index in [1.807, 2.05) is 0 Å². The lowest BCUT2D eigenvalue weighted by molar-refractivity contribution is -0.134. The van der Waals surface area contributed by atoms with Crippen LogP contribution in [-0.4, -0.2) is 66.3 Å². The van der Waals surface area contributed by atoms with Gasteiger partial charge in [-0.15, -0.1) is 0 Å². The Balaban J connectivity index is 2.53. The molecule has 1 aliphatic heterocycles. The third-order valence-electron chi connectivity index (χ3n) is 3.67. The summed E-state index contributed by atoms with van der Waals surface area (Å²) in [6.07, 6.45) is 2.65. The Hall–Kier alpha value is -2.10. The van der Waals surface area contributed by atoms with Crippen LogP contribution in [0.2, 0.25) is 0 Å². The molecular weight excluding hydrogens is 350 g/mol. The van der Waals surface area contributed by atoms with E-state index in [1.165, 1.54) is 43.9 Å². The summed E-state index contributed by atoms with van der Waals surface area (Å²) in [7, 11) is 0.242. The van der Waals surface area contributed by atoms with Crippen molar-refractivity contribution in [2.45, 2.75) is 4.90 Å². The highest BCUT2D eigenvalue weighted by molar-refractivity contribution is 7.89. The fourth-order valence-corrected chi connectivity index (χ4v) is 4.01. The van der Waals surface area contributed by atoms with Crippen LogP contribution in [0.5, 0.6) is 11.5 Å². The second kappa shape index (κ2) is 8.32. The molecule has 0 unspecified atom stereocenters. The SMILES string of the molecule is COC(=O)/C=C/c1cc(OC)c(OC)c(S(=O)(=O)N2CCOCC2)c1. The van der Waals surface area contributed by atoms with Gasteiger partial charge in [0.05, 0.1) is 34.5 Å². The van der Waals surface area contributed by atoms with E-state index in [0.717, 1.165) is 0 Å². The minimum atomic E-state index is -3.81. The van der Waals surface area contributed by atoms with Gasteiger partial charge in [-0.25, -0.2) is 13.2 Å². The summed E-state index contributed by atoms with van der Waals surface area (Å²) in [5, 5.41) is 0. The number of esters is 1. The molecule has 1 heterocycles. The number of morpholine rings is 1. The fraction of sp³-hybridized carbons (Fsp3) is 0.438. The van der Waals surface area contributed by atoms with Crippen LogP contribution in [0.15, 0.2) is 23.1 Å². The third-order valence-corrected chi connectivity index (χ3v) is 5.57. The molecule has 0 atom stereocenters. The molecule has 0 aromatic heterocycles. The van der Waals surface area contributed by atoms with Gasteiger partial charge in [0.2, 0.25) is 10.0 Å². The molecule has 0 spiro atoms. The maximum absolute atomic E-state index is 13.0. The molecular formula is C16H21NO7S. The van der Waals surface area contributed by atoms with E-state index in [-0.39, 0.29) is 29.5 Å². The van der Waals surface area contributed by atoms with Crippen LogP contribution in [0.25, 0.3) is 6.08 Å². The van der Waals surface area contributed by atoms with Gasteiger partial charge in [0.15, 0.2) is 11.5 Å². The molecule has 0 saturated carbocycles. The van der Waals surface area contributed by atoms with E-state index in [4.69, 9.17) is 14.2 Å². The van der Waals surface area contributed by atoms with E-state index in [2.05, 4.69) is 4.74 Å². The Kier molecular flexibility index (Phi) is 6.40. The molecule has 0 amide bonds. The Morgan fingerprint density at radius 2 is 1.84 bits per heavy atom. The fourth-order valence-electron chi connectivity index (χ4n) is 2.40. The summed E-state index contributed by atoms with van der Waals surface area (Å²) in [5.74, 6) is -0.182. The molecule has 0 N–H and O–H groups in total. The summed E-state index contributed by atoms with van der Waals surface area (Å²) >= 11 is 0. The van der Waals surface area contributed by atoms with Crippen LogP contribution in [0.1, 0.15) is 5.56 Å². The van der Waals surface area contributed by atoms with Crippen molar-refractivity contribution in [2.24, 2.45) is 0 Å². The Labute approximate surface area is 147 Å².